The summed E-state index contributed by atoms with van der Waals surface area (Å²) in [4.78, 5) is 23.8. The SMILES string of the molecule is CC(Nc1ncc(Cl)cc1[N+](=O)[O-])(C(=O)O)C(F)(F)F. The fourth-order valence-corrected chi connectivity index (χ4v) is 1.30. The lowest BCUT2D eigenvalue weighted by Gasteiger charge is -2.28. The molecule has 1 unspecified atom stereocenters. The van der Waals surface area contributed by atoms with Gasteiger partial charge in [0.1, 0.15) is 0 Å². The van der Waals surface area contributed by atoms with Crippen molar-refractivity contribution in [2.75, 3.05) is 5.32 Å². The van der Waals surface area contributed by atoms with E-state index in [4.69, 9.17) is 16.7 Å². The minimum atomic E-state index is -5.20. The summed E-state index contributed by atoms with van der Waals surface area (Å²) in [6.45, 7) is 0.329. The van der Waals surface area contributed by atoms with Gasteiger partial charge in [-0.3, -0.25) is 10.1 Å². The third-order valence-corrected chi connectivity index (χ3v) is 2.60. The number of aliphatic carboxylic acids is 1. The molecule has 0 aliphatic carbocycles. The van der Waals surface area contributed by atoms with E-state index in [9.17, 15) is 28.1 Å². The average molecular weight is 314 g/mol. The van der Waals surface area contributed by atoms with Gasteiger partial charge in [-0.1, -0.05) is 11.6 Å². The Hall–Kier alpha value is -2.10. The van der Waals surface area contributed by atoms with Crippen LogP contribution in [0.3, 0.4) is 0 Å². The van der Waals surface area contributed by atoms with E-state index in [1.54, 1.807) is 0 Å². The van der Waals surface area contributed by atoms with Crippen LogP contribution < -0.4 is 5.32 Å². The monoisotopic (exact) mass is 313 g/mol. The maximum absolute atomic E-state index is 12.8. The Balaban J connectivity index is 3.33. The molecule has 0 aromatic carbocycles. The van der Waals surface area contributed by atoms with Gasteiger partial charge in [-0.2, -0.15) is 13.2 Å². The largest absolute Gasteiger partial charge is 0.479 e. The molecule has 0 aliphatic heterocycles. The smallest absolute Gasteiger partial charge is 0.422 e. The molecule has 0 radical (unpaired) electrons. The van der Waals surface area contributed by atoms with E-state index in [2.05, 4.69) is 4.98 Å². The van der Waals surface area contributed by atoms with Crippen molar-refractivity contribution in [1.82, 2.24) is 4.98 Å². The summed E-state index contributed by atoms with van der Waals surface area (Å²) in [7, 11) is 0. The van der Waals surface area contributed by atoms with Crippen molar-refractivity contribution in [3.05, 3.63) is 27.4 Å². The molecule has 1 aromatic rings. The zero-order valence-electron chi connectivity index (χ0n) is 9.73. The van der Waals surface area contributed by atoms with Gasteiger partial charge in [0.15, 0.2) is 0 Å². The highest BCUT2D eigenvalue weighted by molar-refractivity contribution is 6.30. The first-order valence-electron chi connectivity index (χ1n) is 4.87. The van der Waals surface area contributed by atoms with E-state index < -0.39 is 34.1 Å². The molecule has 0 saturated heterocycles. The van der Waals surface area contributed by atoms with Crippen LogP contribution in [0.2, 0.25) is 5.02 Å². The first-order chi connectivity index (χ1) is 8.99. The molecule has 1 atom stereocenters. The molecule has 2 N–H and O–H groups in total. The number of hydrogen-bond donors (Lipinski definition) is 2. The first kappa shape index (κ1) is 16.0. The Morgan fingerprint density at radius 1 is 1.55 bits per heavy atom. The molecule has 1 heterocycles. The second kappa shape index (κ2) is 5.12. The molecule has 1 aromatic heterocycles. The predicted octanol–water partition coefficient (Wildman–Crippen LogP) is 2.46. The summed E-state index contributed by atoms with van der Waals surface area (Å²) in [5.41, 5.74) is -4.30. The second-order valence-corrected chi connectivity index (χ2v) is 4.27. The number of nitrogens with zero attached hydrogens (tertiary/aromatic N) is 2. The molecule has 0 amide bonds. The van der Waals surface area contributed by atoms with Gasteiger partial charge in [0.2, 0.25) is 11.4 Å². The molecule has 0 fully saturated rings. The molecule has 110 valence electrons. The standard InChI is InChI=1S/C9H7ClF3N3O4/c1-8(7(17)18,9(11,12)13)15-6-5(16(19)20)2-4(10)3-14-6/h2-3H,1H3,(H,14,15)(H,17,18). The molecule has 20 heavy (non-hydrogen) atoms. The maximum atomic E-state index is 12.8. The summed E-state index contributed by atoms with van der Waals surface area (Å²) < 4.78 is 38.4. The van der Waals surface area contributed by atoms with Crippen LogP contribution >= 0.6 is 11.6 Å². The van der Waals surface area contributed by atoms with E-state index in [1.165, 1.54) is 5.32 Å². The normalized spacial score (nSPS) is 14.4. The van der Waals surface area contributed by atoms with Crippen LogP contribution in [0.5, 0.6) is 0 Å². The van der Waals surface area contributed by atoms with Crippen molar-refractivity contribution in [1.29, 1.82) is 0 Å². The summed E-state index contributed by atoms with van der Waals surface area (Å²) >= 11 is 5.45. The Labute approximate surface area is 114 Å². The van der Waals surface area contributed by atoms with Gasteiger partial charge >= 0.3 is 17.8 Å². The zero-order chi connectivity index (χ0) is 15.7. The quantitative estimate of drug-likeness (QED) is 0.653. The first-order valence-corrected chi connectivity index (χ1v) is 5.25. The van der Waals surface area contributed by atoms with Crippen molar-refractivity contribution >= 4 is 29.1 Å². The lowest BCUT2D eigenvalue weighted by Crippen LogP contribution is -2.55. The number of pyridine rings is 1. The number of alkyl halides is 3. The molecule has 0 bridgehead atoms. The van der Waals surface area contributed by atoms with Crippen LogP contribution in [0.15, 0.2) is 12.3 Å². The lowest BCUT2D eigenvalue weighted by atomic mass is 10.0. The van der Waals surface area contributed by atoms with E-state index in [1.807, 2.05) is 0 Å². The second-order valence-electron chi connectivity index (χ2n) is 3.83. The van der Waals surface area contributed by atoms with Gasteiger partial charge < -0.3 is 10.4 Å². The van der Waals surface area contributed by atoms with E-state index in [-0.39, 0.29) is 5.02 Å². The molecule has 0 aliphatic rings. The number of nitrogens with one attached hydrogen (secondary N) is 1. The molecule has 0 spiro atoms. The number of carbonyl (C=O) groups is 1. The van der Waals surface area contributed by atoms with Gasteiger partial charge in [0.25, 0.3) is 0 Å². The number of aromatic nitrogens is 1. The van der Waals surface area contributed by atoms with Crippen LogP contribution in [-0.4, -0.2) is 32.7 Å². The third kappa shape index (κ3) is 2.90. The summed E-state index contributed by atoms with van der Waals surface area (Å²) in [6.07, 6.45) is -4.34. The average Bonchev–Trinajstić information content (AvgIpc) is 2.29. The number of halogens is 4. The molecule has 11 heteroatoms. The van der Waals surface area contributed by atoms with Crippen LogP contribution in [0.25, 0.3) is 0 Å². The van der Waals surface area contributed by atoms with Crippen LogP contribution in [0, 0.1) is 10.1 Å². The van der Waals surface area contributed by atoms with Crippen molar-refractivity contribution in [3.8, 4) is 0 Å². The minimum Gasteiger partial charge on any atom is -0.479 e. The minimum absolute atomic E-state index is 0.175. The van der Waals surface area contributed by atoms with Crippen molar-refractivity contribution < 1.29 is 28.0 Å². The summed E-state index contributed by atoms with van der Waals surface area (Å²) in [5, 5.41) is 20.8. The number of nitro groups is 1. The van der Waals surface area contributed by atoms with E-state index in [0.717, 1.165) is 12.3 Å². The van der Waals surface area contributed by atoms with Crippen LogP contribution in [0.4, 0.5) is 24.7 Å². The van der Waals surface area contributed by atoms with Crippen molar-refractivity contribution in [2.24, 2.45) is 0 Å². The Morgan fingerprint density at radius 2 is 2.10 bits per heavy atom. The Bertz CT molecular complexity index is 566. The number of hydrogen-bond acceptors (Lipinski definition) is 5. The molecule has 7 nitrogen and oxygen atoms in total. The fraction of sp³-hybridized carbons (Fsp3) is 0.333. The topological polar surface area (TPSA) is 105 Å². The number of anilines is 1. The maximum Gasteiger partial charge on any atom is 0.422 e. The zero-order valence-corrected chi connectivity index (χ0v) is 10.5. The lowest BCUT2D eigenvalue weighted by molar-refractivity contribution is -0.384. The fourth-order valence-electron chi connectivity index (χ4n) is 1.15. The summed E-state index contributed by atoms with van der Waals surface area (Å²) in [6, 6.07) is 0.759. The molecule has 0 saturated carbocycles. The van der Waals surface area contributed by atoms with Crippen molar-refractivity contribution in [3.63, 3.8) is 0 Å². The van der Waals surface area contributed by atoms with Gasteiger partial charge in [-0.15, -0.1) is 0 Å². The Morgan fingerprint density at radius 3 is 2.50 bits per heavy atom. The van der Waals surface area contributed by atoms with Crippen LogP contribution in [-0.2, 0) is 4.79 Å². The van der Waals surface area contributed by atoms with E-state index >= 15 is 0 Å². The molecular weight excluding hydrogens is 307 g/mol. The van der Waals surface area contributed by atoms with Gasteiger partial charge in [0, 0.05) is 12.3 Å². The van der Waals surface area contributed by atoms with Gasteiger partial charge in [-0.05, 0) is 6.92 Å². The van der Waals surface area contributed by atoms with Gasteiger partial charge in [0.05, 0.1) is 9.95 Å². The molecular formula is C9H7ClF3N3O4. The van der Waals surface area contributed by atoms with E-state index in [0.29, 0.717) is 6.92 Å². The number of rotatable bonds is 4. The number of carboxylic acid groups (broad SMARTS) is 1. The van der Waals surface area contributed by atoms with Crippen molar-refractivity contribution in [2.45, 2.75) is 18.6 Å². The predicted molar refractivity (Wildman–Crippen MR) is 61.6 cm³/mol. The number of carboxylic acids is 1. The highest BCUT2D eigenvalue weighted by atomic mass is 35.5. The third-order valence-electron chi connectivity index (χ3n) is 2.39. The highest BCUT2D eigenvalue weighted by Crippen LogP contribution is 2.36. The van der Waals surface area contributed by atoms with Gasteiger partial charge in [-0.25, -0.2) is 9.78 Å². The summed E-state index contributed by atoms with van der Waals surface area (Å²) in [5.74, 6) is -3.10. The van der Waals surface area contributed by atoms with Crippen LogP contribution in [0.1, 0.15) is 6.92 Å². The highest BCUT2D eigenvalue weighted by Gasteiger charge is 2.58. The Kier molecular flexibility index (Phi) is 4.08. The molecule has 1 rings (SSSR count).